The summed E-state index contributed by atoms with van der Waals surface area (Å²) in [6, 6.07) is 13.3. The van der Waals surface area contributed by atoms with Gasteiger partial charge in [-0.05, 0) is 74.9 Å². The molecular weight excluding hydrogens is 486 g/mol. The molecule has 5 nitrogen and oxygen atoms in total. The van der Waals surface area contributed by atoms with Crippen molar-refractivity contribution in [1.82, 2.24) is 9.55 Å². The summed E-state index contributed by atoms with van der Waals surface area (Å²) in [5.41, 5.74) is 4.58. The Balaban J connectivity index is 1.50. The minimum Gasteiger partial charge on any atom is -0.325 e. The van der Waals surface area contributed by atoms with Gasteiger partial charge in [0.2, 0.25) is 5.91 Å². The SMILES string of the molecule is Cc1ccc(-n2c(SCC(=O)Nc3ccc(C)c(Cl)c3)nc3sc4c(c3c2=O)CCCC4)cc1. The van der Waals surface area contributed by atoms with Crippen LogP contribution in [-0.4, -0.2) is 21.2 Å². The van der Waals surface area contributed by atoms with E-state index in [4.69, 9.17) is 16.6 Å². The quantitative estimate of drug-likeness (QED) is 0.252. The molecule has 2 heterocycles. The van der Waals surface area contributed by atoms with E-state index in [1.165, 1.54) is 16.6 Å². The normalized spacial score (nSPS) is 13.1. The molecule has 0 radical (unpaired) electrons. The van der Waals surface area contributed by atoms with Gasteiger partial charge in [-0.1, -0.05) is 47.1 Å². The second-order valence-corrected chi connectivity index (χ2v) is 11.0. The number of amides is 1. The fourth-order valence-corrected chi connectivity index (χ4v) is 6.50. The third kappa shape index (κ3) is 4.52. The Labute approximate surface area is 211 Å². The van der Waals surface area contributed by atoms with Crippen LogP contribution in [0.25, 0.3) is 15.9 Å². The zero-order valence-electron chi connectivity index (χ0n) is 19.0. The lowest BCUT2D eigenvalue weighted by atomic mass is 9.97. The van der Waals surface area contributed by atoms with Crippen LogP contribution >= 0.6 is 34.7 Å². The Morgan fingerprint density at radius 1 is 1.15 bits per heavy atom. The molecule has 1 amide bonds. The molecule has 8 heteroatoms. The Hall–Kier alpha value is -2.61. The van der Waals surface area contributed by atoms with E-state index in [0.29, 0.717) is 15.9 Å². The molecule has 2 aromatic heterocycles. The number of nitrogens with zero attached hydrogens (tertiary/aromatic N) is 2. The standard InChI is InChI=1S/C26H24ClN3O2S2/c1-15-7-11-18(12-8-15)30-25(32)23-19-5-3-4-6-21(19)34-24(23)29-26(30)33-14-22(31)28-17-10-9-16(2)20(27)13-17/h7-13H,3-6,14H2,1-2H3,(H,28,31). The second kappa shape index (κ2) is 9.56. The van der Waals surface area contributed by atoms with E-state index >= 15 is 0 Å². The average Bonchev–Trinajstić information content (AvgIpc) is 3.20. The summed E-state index contributed by atoms with van der Waals surface area (Å²) in [7, 11) is 0. The predicted molar refractivity (Wildman–Crippen MR) is 142 cm³/mol. The van der Waals surface area contributed by atoms with Crippen LogP contribution in [0.4, 0.5) is 5.69 Å². The number of carbonyl (C=O) groups is 1. The number of nitrogens with one attached hydrogen (secondary N) is 1. The van der Waals surface area contributed by atoms with Gasteiger partial charge in [-0.15, -0.1) is 11.3 Å². The lowest BCUT2D eigenvalue weighted by Gasteiger charge is -2.14. The highest BCUT2D eigenvalue weighted by Gasteiger charge is 2.23. The molecule has 0 saturated heterocycles. The van der Waals surface area contributed by atoms with Gasteiger partial charge in [-0.2, -0.15) is 0 Å². The summed E-state index contributed by atoms with van der Waals surface area (Å²) in [5, 5.41) is 4.75. The van der Waals surface area contributed by atoms with Gasteiger partial charge in [0, 0.05) is 15.6 Å². The molecule has 5 rings (SSSR count). The van der Waals surface area contributed by atoms with Crippen LogP contribution in [0, 0.1) is 13.8 Å². The molecule has 1 aliphatic carbocycles. The first kappa shape index (κ1) is 23.1. The number of anilines is 1. The lowest BCUT2D eigenvalue weighted by Crippen LogP contribution is -2.23. The maximum atomic E-state index is 13.8. The summed E-state index contributed by atoms with van der Waals surface area (Å²) in [5.74, 6) is -0.0550. The molecule has 4 aromatic rings. The number of thioether (sulfide) groups is 1. The van der Waals surface area contributed by atoms with Crippen molar-refractivity contribution in [2.75, 3.05) is 11.1 Å². The van der Waals surface area contributed by atoms with E-state index in [1.807, 2.05) is 50.2 Å². The van der Waals surface area contributed by atoms with Gasteiger partial charge in [0.15, 0.2) is 5.16 Å². The maximum absolute atomic E-state index is 13.8. The van der Waals surface area contributed by atoms with Gasteiger partial charge in [0.05, 0.1) is 16.8 Å². The highest BCUT2D eigenvalue weighted by Crippen LogP contribution is 2.35. The van der Waals surface area contributed by atoms with Crippen LogP contribution in [0.1, 0.15) is 34.4 Å². The van der Waals surface area contributed by atoms with Crippen LogP contribution in [-0.2, 0) is 17.6 Å². The maximum Gasteiger partial charge on any atom is 0.267 e. The highest BCUT2D eigenvalue weighted by molar-refractivity contribution is 7.99. The third-order valence-electron chi connectivity index (χ3n) is 6.04. The van der Waals surface area contributed by atoms with Crippen molar-refractivity contribution in [1.29, 1.82) is 0 Å². The first-order chi connectivity index (χ1) is 16.4. The molecule has 0 saturated carbocycles. The summed E-state index contributed by atoms with van der Waals surface area (Å²) in [4.78, 5) is 33.4. The van der Waals surface area contributed by atoms with Gasteiger partial charge in [-0.3, -0.25) is 14.2 Å². The Bertz CT molecular complexity index is 1460. The van der Waals surface area contributed by atoms with E-state index < -0.39 is 0 Å². The topological polar surface area (TPSA) is 64.0 Å². The van der Waals surface area contributed by atoms with Crippen molar-refractivity contribution in [2.24, 2.45) is 0 Å². The predicted octanol–water partition coefficient (Wildman–Crippen LogP) is 6.33. The van der Waals surface area contributed by atoms with E-state index in [9.17, 15) is 9.59 Å². The zero-order valence-corrected chi connectivity index (χ0v) is 21.4. The number of aromatic nitrogens is 2. The minimum atomic E-state index is -0.180. The summed E-state index contributed by atoms with van der Waals surface area (Å²) in [6.07, 6.45) is 4.18. The summed E-state index contributed by atoms with van der Waals surface area (Å²) < 4.78 is 1.66. The fraction of sp³-hybridized carbons (Fsp3) is 0.269. The van der Waals surface area contributed by atoms with Gasteiger partial charge in [-0.25, -0.2) is 4.98 Å². The number of fused-ring (bicyclic) bond motifs is 3. The molecule has 0 spiro atoms. The Morgan fingerprint density at radius 2 is 1.91 bits per heavy atom. The van der Waals surface area contributed by atoms with Gasteiger partial charge in [0.1, 0.15) is 4.83 Å². The lowest BCUT2D eigenvalue weighted by molar-refractivity contribution is -0.113. The van der Waals surface area contributed by atoms with Gasteiger partial charge < -0.3 is 5.32 Å². The molecule has 0 bridgehead atoms. The van der Waals surface area contributed by atoms with Crippen LogP contribution in [0.2, 0.25) is 5.02 Å². The average molecular weight is 510 g/mol. The van der Waals surface area contributed by atoms with Crippen molar-refractivity contribution in [2.45, 2.75) is 44.7 Å². The van der Waals surface area contributed by atoms with Crippen LogP contribution in [0.5, 0.6) is 0 Å². The Kier molecular flexibility index (Phi) is 6.51. The molecular formula is C26H24ClN3O2S2. The third-order valence-corrected chi connectivity index (χ3v) is 8.57. The zero-order chi connectivity index (χ0) is 23.8. The van der Waals surface area contributed by atoms with Gasteiger partial charge in [0.25, 0.3) is 5.56 Å². The number of hydrogen-bond donors (Lipinski definition) is 1. The number of benzene rings is 2. The molecule has 1 N–H and O–H groups in total. The van der Waals surface area contributed by atoms with Gasteiger partial charge >= 0.3 is 0 Å². The number of carbonyl (C=O) groups excluding carboxylic acids is 1. The first-order valence-corrected chi connectivity index (χ1v) is 13.4. The minimum absolute atomic E-state index is 0.0542. The summed E-state index contributed by atoms with van der Waals surface area (Å²) in [6.45, 7) is 3.93. The van der Waals surface area contributed by atoms with E-state index in [2.05, 4.69) is 5.32 Å². The second-order valence-electron chi connectivity index (χ2n) is 8.56. The Morgan fingerprint density at radius 3 is 2.68 bits per heavy atom. The molecule has 174 valence electrons. The molecule has 0 aliphatic heterocycles. The molecule has 1 aliphatic rings. The molecule has 0 unspecified atom stereocenters. The number of hydrogen-bond acceptors (Lipinski definition) is 5. The number of aryl methyl sites for hydroxylation is 4. The highest BCUT2D eigenvalue weighted by atomic mass is 35.5. The van der Waals surface area contributed by atoms with E-state index in [1.54, 1.807) is 22.0 Å². The van der Waals surface area contributed by atoms with E-state index in [-0.39, 0.29) is 17.2 Å². The first-order valence-electron chi connectivity index (χ1n) is 11.2. The van der Waals surface area contributed by atoms with Crippen molar-refractivity contribution in [3.63, 3.8) is 0 Å². The number of rotatable bonds is 5. The number of thiophene rings is 1. The molecule has 0 atom stereocenters. The molecule has 34 heavy (non-hydrogen) atoms. The van der Waals surface area contributed by atoms with E-state index in [0.717, 1.165) is 58.3 Å². The summed E-state index contributed by atoms with van der Waals surface area (Å²) >= 11 is 9.07. The monoisotopic (exact) mass is 509 g/mol. The number of halogens is 1. The molecule has 2 aromatic carbocycles. The smallest absolute Gasteiger partial charge is 0.267 e. The van der Waals surface area contributed by atoms with Crippen LogP contribution < -0.4 is 10.9 Å². The van der Waals surface area contributed by atoms with Crippen molar-refractivity contribution < 1.29 is 4.79 Å². The van der Waals surface area contributed by atoms with Crippen molar-refractivity contribution in [3.8, 4) is 5.69 Å². The van der Waals surface area contributed by atoms with Crippen LogP contribution in [0.3, 0.4) is 0 Å². The van der Waals surface area contributed by atoms with Crippen molar-refractivity contribution in [3.05, 3.63) is 79.4 Å². The van der Waals surface area contributed by atoms with Crippen LogP contribution in [0.15, 0.2) is 52.4 Å². The van der Waals surface area contributed by atoms with Crippen molar-refractivity contribution >= 4 is 56.5 Å². The largest absolute Gasteiger partial charge is 0.325 e. The molecule has 0 fully saturated rings. The fourth-order valence-electron chi connectivity index (χ4n) is 4.20.